The number of imidazole rings is 1. The third-order valence-electron chi connectivity index (χ3n) is 9.52. The monoisotopic (exact) mass is 1120 g/mol. The van der Waals surface area contributed by atoms with Crippen LogP contribution in [0.1, 0.15) is 87.8 Å². The SMILES string of the molecule is C[C@@H](NC(=O)CC[C@@H](NC(=O)OC(C)(C)C)C(=O)OC(C)(C)C)C(=O)SCCNC(=O)CCNC(=O)[C@H](O)C(C)(C)COP(=O)(O)OP(=O)(O)OC[C@H]1O[C@@H](n2cnc3c(N)ncnc32)[C@H](O)[C@@H]1OP(=O)(O)O. The Morgan fingerprint density at radius 2 is 1.49 bits per heavy atom. The molecule has 3 heterocycles. The number of nitrogen functional groups attached to an aromatic ring is 1. The quantitative estimate of drug-likeness (QED) is 0.0340. The lowest BCUT2D eigenvalue weighted by Crippen LogP contribution is -2.47. The third-order valence-corrected chi connectivity index (χ3v) is 13.7. The molecule has 12 N–H and O–H groups in total. The number of phosphoric ester groups is 3. The molecule has 2 aromatic rings. The van der Waals surface area contributed by atoms with E-state index >= 15 is 0 Å². The van der Waals surface area contributed by atoms with Gasteiger partial charge in [0.15, 0.2) is 17.7 Å². The number of anilines is 1. The first-order chi connectivity index (χ1) is 33.4. The van der Waals surface area contributed by atoms with E-state index in [-0.39, 0.29) is 55.1 Å². The van der Waals surface area contributed by atoms with Gasteiger partial charge in [-0.1, -0.05) is 25.6 Å². The van der Waals surface area contributed by atoms with Gasteiger partial charge in [-0.05, 0) is 54.9 Å². The summed E-state index contributed by atoms with van der Waals surface area (Å²) in [5.74, 6) is -2.96. The van der Waals surface area contributed by atoms with Crippen LogP contribution < -0.4 is 27.0 Å². The number of thioether (sulfide) groups is 1. The lowest BCUT2D eigenvalue weighted by atomic mass is 9.87. The maximum absolute atomic E-state index is 12.8. The summed E-state index contributed by atoms with van der Waals surface area (Å²) < 4.78 is 73.0. The Balaban J connectivity index is 1.40. The average Bonchev–Trinajstić information content (AvgIpc) is 3.80. The number of phosphoric acid groups is 3. The predicted octanol–water partition coefficient (Wildman–Crippen LogP) is 0.185. The molecule has 73 heavy (non-hydrogen) atoms. The van der Waals surface area contributed by atoms with E-state index in [4.69, 9.17) is 29.0 Å². The van der Waals surface area contributed by atoms with Crippen molar-refractivity contribution in [1.29, 1.82) is 0 Å². The number of esters is 1. The molecule has 2 unspecified atom stereocenters. The van der Waals surface area contributed by atoms with Crippen LogP contribution in [0.25, 0.3) is 11.2 Å². The van der Waals surface area contributed by atoms with Crippen molar-refractivity contribution in [2.45, 2.75) is 136 Å². The number of nitrogens with zero attached hydrogens (tertiary/aromatic N) is 4. The van der Waals surface area contributed by atoms with Gasteiger partial charge < -0.3 is 71.0 Å². The van der Waals surface area contributed by atoms with E-state index in [9.17, 15) is 72.2 Å². The van der Waals surface area contributed by atoms with Crippen molar-refractivity contribution in [1.82, 2.24) is 40.8 Å². The van der Waals surface area contributed by atoms with Gasteiger partial charge >= 0.3 is 35.5 Å². The smallest absolute Gasteiger partial charge is 0.458 e. The third kappa shape index (κ3) is 21.5. The lowest BCUT2D eigenvalue weighted by Gasteiger charge is -2.30. The number of hydrogen-bond acceptors (Lipinski definition) is 23. The lowest BCUT2D eigenvalue weighted by molar-refractivity contribution is -0.157. The van der Waals surface area contributed by atoms with Crippen LogP contribution in [-0.4, -0.2) is 164 Å². The fourth-order valence-electron chi connectivity index (χ4n) is 6.13. The van der Waals surface area contributed by atoms with Gasteiger partial charge in [0.05, 0.1) is 25.6 Å². The number of alkyl carbamates (subject to hydrolysis) is 1. The Morgan fingerprint density at radius 1 is 0.863 bits per heavy atom. The molecule has 4 amide bonds. The topological polar surface area (TPSA) is 457 Å². The van der Waals surface area contributed by atoms with Crippen LogP contribution in [0.3, 0.4) is 0 Å². The van der Waals surface area contributed by atoms with Crippen LogP contribution in [0, 0.1) is 5.41 Å². The molecule has 1 aliphatic rings. The molecule has 35 heteroatoms. The van der Waals surface area contributed by atoms with Crippen LogP contribution in [0.5, 0.6) is 0 Å². The van der Waals surface area contributed by atoms with Crippen LogP contribution in [0.4, 0.5) is 10.6 Å². The summed E-state index contributed by atoms with van der Waals surface area (Å²) in [6.07, 6.45) is -8.58. The molecule has 0 radical (unpaired) electrons. The highest BCUT2D eigenvalue weighted by atomic mass is 32.2. The highest BCUT2D eigenvalue weighted by molar-refractivity contribution is 8.13. The molecule has 3 rings (SSSR count). The van der Waals surface area contributed by atoms with Crippen molar-refractivity contribution in [3.63, 3.8) is 0 Å². The first kappa shape index (κ1) is 63.1. The average molecular weight is 1120 g/mol. The molecule has 0 aromatic carbocycles. The molecule has 1 aliphatic heterocycles. The number of ether oxygens (including phenoxy) is 3. The van der Waals surface area contributed by atoms with E-state index in [0.29, 0.717) is 0 Å². The number of carbonyl (C=O) groups is 6. The Labute approximate surface area is 422 Å². The van der Waals surface area contributed by atoms with Gasteiger partial charge in [0.1, 0.15) is 53.5 Å². The molecular formula is C38H64N9O22P3S. The van der Waals surface area contributed by atoms with E-state index < -0.39 is 131 Å². The summed E-state index contributed by atoms with van der Waals surface area (Å²) in [5.41, 5.74) is 2.42. The predicted molar refractivity (Wildman–Crippen MR) is 253 cm³/mol. The second-order valence-corrected chi connectivity index (χ2v) is 24.1. The minimum Gasteiger partial charge on any atom is -0.458 e. The number of nitrogens with two attached hydrogens (primary N) is 1. The Hall–Kier alpha value is -4.23. The minimum atomic E-state index is -5.63. The minimum absolute atomic E-state index is 0.000306. The highest BCUT2D eigenvalue weighted by Crippen LogP contribution is 2.61. The van der Waals surface area contributed by atoms with Gasteiger partial charge in [-0.25, -0.2) is 38.2 Å². The second kappa shape index (κ2) is 26.0. The molecule has 2 aromatic heterocycles. The summed E-state index contributed by atoms with van der Waals surface area (Å²) in [6, 6.07) is -2.19. The molecule has 31 nitrogen and oxygen atoms in total. The maximum Gasteiger partial charge on any atom is 0.481 e. The summed E-state index contributed by atoms with van der Waals surface area (Å²) in [5, 5.41) is 30.9. The standard InChI is InChI=1S/C38H64N9O22P3S/c1-20(45-24(49)11-10-21(33(53)66-36(2,3)4)46-35(55)67-37(5,6)7)34(54)73-15-14-40-23(48)12-13-41-31(52)28(51)38(8,9)17-64-72(61,62)69-71(59,60)63-16-22-27(68-70(56,57)58)26(50)32(65-22)47-19-44-25-29(39)42-18-43-30(25)47/h18-22,26-28,32,50-51H,10-17H2,1-9H3,(H,40,48)(H,41,52)(H,45,49)(H,46,55)(H,59,60)(H,61,62)(H2,39,42,43)(H2,56,57,58)/t20-,21-,22-,26-,27-,28+,32-/m1/s1. The zero-order valence-corrected chi connectivity index (χ0v) is 44.7. The molecule has 9 atom stereocenters. The van der Waals surface area contributed by atoms with Gasteiger partial charge in [0.25, 0.3) is 0 Å². The Morgan fingerprint density at radius 3 is 2.11 bits per heavy atom. The van der Waals surface area contributed by atoms with Crippen LogP contribution >= 0.6 is 35.2 Å². The highest BCUT2D eigenvalue weighted by Gasteiger charge is 2.50. The summed E-state index contributed by atoms with van der Waals surface area (Å²) >= 11 is 0.807. The number of rotatable bonds is 26. The molecule has 0 saturated carbocycles. The van der Waals surface area contributed by atoms with E-state index in [1.165, 1.54) is 20.8 Å². The number of carbonyl (C=O) groups excluding carboxylic acids is 6. The zero-order chi connectivity index (χ0) is 55.5. The number of aliphatic hydroxyl groups excluding tert-OH is 2. The molecule has 1 saturated heterocycles. The Kier molecular flexibility index (Phi) is 22.5. The summed E-state index contributed by atoms with van der Waals surface area (Å²) in [4.78, 5) is 127. The van der Waals surface area contributed by atoms with Crippen molar-refractivity contribution in [2.75, 3.05) is 37.8 Å². The van der Waals surface area contributed by atoms with Crippen molar-refractivity contribution >= 4 is 87.1 Å². The van der Waals surface area contributed by atoms with Crippen LogP contribution in [-0.2, 0) is 69.8 Å². The second-order valence-electron chi connectivity index (χ2n) is 18.8. The van der Waals surface area contributed by atoms with Crippen molar-refractivity contribution < 1.29 is 104 Å². The Bertz CT molecular complexity index is 2430. The molecule has 414 valence electrons. The van der Waals surface area contributed by atoms with Crippen LogP contribution in [0.15, 0.2) is 12.7 Å². The van der Waals surface area contributed by atoms with Gasteiger partial charge in [-0.3, -0.25) is 37.3 Å². The number of nitrogens with one attached hydrogen (secondary N) is 4. The van der Waals surface area contributed by atoms with Gasteiger partial charge in [-0.15, -0.1) is 0 Å². The molecule has 0 bridgehead atoms. The largest absolute Gasteiger partial charge is 0.481 e. The van der Waals surface area contributed by atoms with E-state index in [1.807, 2.05) is 0 Å². The molecule has 0 aliphatic carbocycles. The molecular weight excluding hydrogens is 1060 g/mol. The fraction of sp³-hybridized carbons (Fsp3) is 0.711. The fourth-order valence-corrected chi connectivity index (χ4v) is 9.67. The van der Waals surface area contributed by atoms with Crippen molar-refractivity contribution in [3.8, 4) is 0 Å². The number of fused-ring (bicyclic) bond motifs is 1. The van der Waals surface area contributed by atoms with Crippen molar-refractivity contribution in [2.24, 2.45) is 5.41 Å². The van der Waals surface area contributed by atoms with Gasteiger partial charge in [-0.2, -0.15) is 4.31 Å². The molecule has 0 spiro atoms. The van der Waals surface area contributed by atoms with Crippen molar-refractivity contribution in [3.05, 3.63) is 12.7 Å². The number of hydrogen-bond donors (Lipinski definition) is 11. The van der Waals surface area contributed by atoms with E-state index in [1.54, 1.807) is 41.5 Å². The van der Waals surface area contributed by atoms with Gasteiger partial charge in [0, 0.05) is 37.1 Å². The first-order valence-electron chi connectivity index (χ1n) is 22.0. The number of aromatic nitrogens is 4. The van der Waals surface area contributed by atoms with E-state index in [2.05, 4.69) is 45.1 Å². The number of aliphatic hydroxyl groups is 2. The van der Waals surface area contributed by atoms with Crippen LogP contribution in [0.2, 0.25) is 0 Å². The normalized spacial score (nSPS) is 20.4. The molecule has 1 fully saturated rings. The number of amides is 4. The summed E-state index contributed by atoms with van der Waals surface area (Å²) in [7, 11) is -16.6. The zero-order valence-electron chi connectivity index (χ0n) is 41.2. The van der Waals surface area contributed by atoms with Gasteiger partial charge in [0.2, 0.25) is 22.8 Å². The summed E-state index contributed by atoms with van der Waals surface area (Å²) in [6.45, 7) is 11.3. The van der Waals surface area contributed by atoms with E-state index in [0.717, 1.165) is 29.0 Å². The maximum atomic E-state index is 12.8. The first-order valence-corrected chi connectivity index (χ1v) is 27.5.